The van der Waals surface area contributed by atoms with E-state index in [4.69, 9.17) is 10.5 Å². The molecule has 2 N–H and O–H groups in total. The number of ether oxygens (including phenoxy) is 1. The number of carbonyl (C=O) groups excluding carboxylic acids is 2. The molecule has 128 valence electrons. The molecule has 0 saturated carbocycles. The van der Waals surface area contributed by atoms with Crippen LogP contribution in [0.3, 0.4) is 0 Å². The standard InChI is InChI=1S/C17H24N2O3.ClH/c1-22-15-7-5-13(6-8-15)16(20)9-10-17(21)19-11-3-2-4-14(19)12-18;/h5-8,14H,2-4,9-12,18H2,1H3;1H. The minimum atomic E-state index is -0.0164. The maximum atomic E-state index is 12.3. The molecule has 2 rings (SSSR count). The highest BCUT2D eigenvalue weighted by molar-refractivity contribution is 5.98. The van der Waals surface area contributed by atoms with Crippen molar-refractivity contribution < 1.29 is 14.3 Å². The summed E-state index contributed by atoms with van der Waals surface area (Å²) >= 11 is 0. The lowest BCUT2D eigenvalue weighted by atomic mass is 10.0. The van der Waals surface area contributed by atoms with Gasteiger partial charge in [0.15, 0.2) is 5.78 Å². The fourth-order valence-corrected chi connectivity index (χ4v) is 2.86. The molecule has 0 aliphatic carbocycles. The summed E-state index contributed by atoms with van der Waals surface area (Å²) in [5, 5.41) is 0. The zero-order chi connectivity index (χ0) is 15.9. The highest BCUT2D eigenvalue weighted by Gasteiger charge is 2.25. The van der Waals surface area contributed by atoms with Crippen molar-refractivity contribution in [1.82, 2.24) is 4.90 Å². The van der Waals surface area contributed by atoms with Crippen molar-refractivity contribution in [1.29, 1.82) is 0 Å². The Labute approximate surface area is 143 Å². The highest BCUT2D eigenvalue weighted by Crippen LogP contribution is 2.18. The number of nitrogens with two attached hydrogens (primary N) is 1. The Kier molecular flexibility index (Phi) is 8.06. The lowest BCUT2D eigenvalue weighted by Gasteiger charge is -2.35. The largest absolute Gasteiger partial charge is 0.497 e. The van der Waals surface area contributed by atoms with E-state index < -0.39 is 0 Å². The third-order valence-electron chi connectivity index (χ3n) is 4.20. The van der Waals surface area contributed by atoms with Gasteiger partial charge in [0.25, 0.3) is 0 Å². The number of likely N-dealkylation sites (tertiary alicyclic amines) is 1. The Hall–Kier alpha value is -1.59. The van der Waals surface area contributed by atoms with E-state index in [0.717, 1.165) is 25.8 Å². The number of methoxy groups -OCH3 is 1. The Bertz CT molecular complexity index is 519. The van der Waals surface area contributed by atoms with Crippen molar-refractivity contribution in [2.75, 3.05) is 20.2 Å². The van der Waals surface area contributed by atoms with E-state index >= 15 is 0 Å². The summed E-state index contributed by atoms with van der Waals surface area (Å²) in [6.45, 7) is 1.26. The van der Waals surface area contributed by atoms with Crippen LogP contribution in [0.15, 0.2) is 24.3 Å². The van der Waals surface area contributed by atoms with E-state index in [0.29, 0.717) is 17.9 Å². The summed E-state index contributed by atoms with van der Waals surface area (Å²) in [4.78, 5) is 26.3. The lowest BCUT2D eigenvalue weighted by molar-refractivity contribution is -0.134. The maximum Gasteiger partial charge on any atom is 0.223 e. The van der Waals surface area contributed by atoms with Gasteiger partial charge in [-0.2, -0.15) is 0 Å². The molecule has 1 aromatic carbocycles. The predicted octanol–water partition coefficient (Wildman–Crippen LogP) is 2.42. The Morgan fingerprint density at radius 3 is 2.52 bits per heavy atom. The molecular formula is C17H25ClN2O3. The van der Waals surface area contributed by atoms with Crippen molar-refractivity contribution in [2.45, 2.75) is 38.1 Å². The number of rotatable bonds is 6. The van der Waals surface area contributed by atoms with Gasteiger partial charge in [-0.3, -0.25) is 9.59 Å². The van der Waals surface area contributed by atoms with Gasteiger partial charge in [0.05, 0.1) is 7.11 Å². The average Bonchev–Trinajstić information content (AvgIpc) is 2.59. The predicted molar refractivity (Wildman–Crippen MR) is 92.2 cm³/mol. The van der Waals surface area contributed by atoms with E-state index in [1.807, 2.05) is 4.90 Å². The van der Waals surface area contributed by atoms with Crippen LogP contribution in [-0.2, 0) is 4.79 Å². The van der Waals surface area contributed by atoms with Crippen molar-refractivity contribution in [3.8, 4) is 5.75 Å². The normalized spacial score (nSPS) is 17.3. The first-order valence-corrected chi connectivity index (χ1v) is 7.82. The van der Waals surface area contributed by atoms with Crippen LogP contribution in [-0.4, -0.2) is 42.8 Å². The molecular weight excluding hydrogens is 316 g/mol. The smallest absolute Gasteiger partial charge is 0.223 e. The molecule has 5 nitrogen and oxygen atoms in total. The number of piperidine rings is 1. The van der Waals surface area contributed by atoms with E-state index in [1.54, 1.807) is 31.4 Å². The summed E-state index contributed by atoms with van der Waals surface area (Å²) in [6.07, 6.45) is 3.60. The second kappa shape index (κ2) is 9.53. The molecule has 1 unspecified atom stereocenters. The molecule has 1 amide bonds. The monoisotopic (exact) mass is 340 g/mol. The zero-order valence-electron chi connectivity index (χ0n) is 13.5. The zero-order valence-corrected chi connectivity index (χ0v) is 14.3. The highest BCUT2D eigenvalue weighted by atomic mass is 35.5. The van der Waals surface area contributed by atoms with Crippen LogP contribution in [0.4, 0.5) is 0 Å². The van der Waals surface area contributed by atoms with Gasteiger partial charge < -0.3 is 15.4 Å². The average molecular weight is 341 g/mol. The van der Waals surface area contributed by atoms with Crippen LogP contribution in [0.1, 0.15) is 42.5 Å². The summed E-state index contributed by atoms with van der Waals surface area (Å²) in [7, 11) is 1.59. The SMILES string of the molecule is COc1ccc(C(=O)CCC(=O)N2CCCCC2CN)cc1.Cl. The van der Waals surface area contributed by atoms with E-state index in [9.17, 15) is 9.59 Å². The Balaban J connectivity index is 0.00000264. The third-order valence-corrected chi connectivity index (χ3v) is 4.20. The summed E-state index contributed by atoms with van der Waals surface area (Å²) in [5.74, 6) is 0.737. The van der Waals surface area contributed by atoms with Gasteiger partial charge in [0.1, 0.15) is 5.75 Å². The fraction of sp³-hybridized carbons (Fsp3) is 0.529. The van der Waals surface area contributed by atoms with Crippen molar-refractivity contribution in [3.63, 3.8) is 0 Å². The maximum absolute atomic E-state index is 12.3. The van der Waals surface area contributed by atoms with Gasteiger partial charge in [-0.25, -0.2) is 0 Å². The molecule has 23 heavy (non-hydrogen) atoms. The second-order valence-corrected chi connectivity index (χ2v) is 5.62. The van der Waals surface area contributed by atoms with E-state index in [-0.39, 0.29) is 43.0 Å². The van der Waals surface area contributed by atoms with Gasteiger partial charge in [-0.15, -0.1) is 12.4 Å². The van der Waals surface area contributed by atoms with Crippen LogP contribution < -0.4 is 10.5 Å². The first-order chi connectivity index (χ1) is 10.7. The fourth-order valence-electron chi connectivity index (χ4n) is 2.86. The van der Waals surface area contributed by atoms with Crippen molar-refractivity contribution >= 4 is 24.1 Å². The van der Waals surface area contributed by atoms with Crippen LogP contribution in [0.2, 0.25) is 0 Å². The van der Waals surface area contributed by atoms with Crippen LogP contribution >= 0.6 is 12.4 Å². The van der Waals surface area contributed by atoms with E-state index in [2.05, 4.69) is 0 Å². The molecule has 1 aliphatic heterocycles. The number of benzene rings is 1. The molecule has 1 aliphatic rings. The number of Topliss-reactive ketones (excluding diaryl/α,β-unsaturated/α-hetero) is 1. The first kappa shape index (κ1) is 19.5. The summed E-state index contributed by atoms with van der Waals surface area (Å²) < 4.78 is 5.07. The number of carbonyl (C=O) groups is 2. The number of hydrogen-bond donors (Lipinski definition) is 1. The van der Waals surface area contributed by atoms with Crippen LogP contribution in [0.25, 0.3) is 0 Å². The van der Waals surface area contributed by atoms with Gasteiger partial charge in [-0.1, -0.05) is 0 Å². The van der Waals surface area contributed by atoms with Gasteiger partial charge in [0.2, 0.25) is 5.91 Å². The minimum Gasteiger partial charge on any atom is -0.497 e. The first-order valence-electron chi connectivity index (χ1n) is 7.82. The second-order valence-electron chi connectivity index (χ2n) is 5.62. The molecule has 0 spiro atoms. The van der Waals surface area contributed by atoms with Crippen LogP contribution in [0.5, 0.6) is 5.75 Å². The lowest BCUT2D eigenvalue weighted by Crippen LogP contribution is -2.47. The Morgan fingerprint density at radius 1 is 1.22 bits per heavy atom. The number of amides is 1. The topological polar surface area (TPSA) is 72.6 Å². The molecule has 6 heteroatoms. The molecule has 1 aromatic rings. The molecule has 1 saturated heterocycles. The molecule has 1 fully saturated rings. The summed E-state index contributed by atoms with van der Waals surface area (Å²) in [6, 6.07) is 7.11. The third kappa shape index (κ3) is 5.22. The quantitative estimate of drug-likeness (QED) is 0.807. The number of nitrogens with zero attached hydrogens (tertiary/aromatic N) is 1. The minimum absolute atomic E-state index is 0. The molecule has 0 aromatic heterocycles. The van der Waals surface area contributed by atoms with Gasteiger partial charge in [0, 0.05) is 37.5 Å². The number of ketones is 1. The summed E-state index contributed by atoms with van der Waals surface area (Å²) in [5.41, 5.74) is 6.35. The van der Waals surface area contributed by atoms with Crippen LogP contribution in [0, 0.1) is 0 Å². The van der Waals surface area contributed by atoms with Gasteiger partial charge >= 0.3 is 0 Å². The van der Waals surface area contributed by atoms with Crippen molar-refractivity contribution in [3.05, 3.63) is 29.8 Å². The Morgan fingerprint density at radius 2 is 1.91 bits per heavy atom. The molecule has 1 heterocycles. The molecule has 1 atom stereocenters. The van der Waals surface area contributed by atoms with Crippen molar-refractivity contribution in [2.24, 2.45) is 5.73 Å². The van der Waals surface area contributed by atoms with E-state index in [1.165, 1.54) is 0 Å². The molecule has 0 bridgehead atoms. The molecule has 0 radical (unpaired) electrons. The van der Waals surface area contributed by atoms with Gasteiger partial charge in [-0.05, 0) is 43.5 Å². The number of halogens is 1. The number of hydrogen-bond acceptors (Lipinski definition) is 4.